The van der Waals surface area contributed by atoms with Crippen molar-refractivity contribution in [1.29, 1.82) is 0 Å². The number of methoxy groups -OCH3 is 1. The number of pyridine rings is 1. The summed E-state index contributed by atoms with van der Waals surface area (Å²) in [6, 6.07) is 9.86. The Morgan fingerprint density at radius 1 is 1.19 bits per heavy atom. The molecular formula is C26H38N4O5S. The lowest BCUT2D eigenvalue weighted by atomic mass is 9.96. The van der Waals surface area contributed by atoms with Crippen molar-refractivity contribution in [3.63, 3.8) is 0 Å². The molecular weight excluding hydrogens is 480 g/mol. The first-order valence-corrected chi connectivity index (χ1v) is 14.5. The van der Waals surface area contributed by atoms with Crippen LogP contribution in [-0.4, -0.2) is 85.8 Å². The molecule has 2 aliphatic heterocycles. The molecule has 36 heavy (non-hydrogen) atoms. The lowest BCUT2D eigenvalue weighted by Crippen LogP contribution is -2.53. The smallest absolute Gasteiger partial charge is 0.264 e. The van der Waals surface area contributed by atoms with Crippen LogP contribution in [0.3, 0.4) is 0 Å². The van der Waals surface area contributed by atoms with Crippen molar-refractivity contribution in [3.8, 4) is 0 Å². The maximum Gasteiger partial charge on any atom is 0.264 e. The van der Waals surface area contributed by atoms with Crippen LogP contribution in [-0.2, 0) is 14.8 Å². The molecule has 1 aromatic heterocycles. The Morgan fingerprint density at radius 2 is 1.83 bits per heavy atom. The molecule has 1 amide bonds. The number of sulfonamides is 1. The first-order valence-electron chi connectivity index (χ1n) is 12.6. The number of hydrogen-bond acceptors (Lipinski definition) is 6. The number of benzene rings is 1. The molecule has 2 fully saturated rings. The van der Waals surface area contributed by atoms with Gasteiger partial charge in [0.25, 0.3) is 11.5 Å². The molecule has 2 bridgehead atoms. The number of likely N-dealkylation sites (N-methyl/N-ethyl adjacent to an activating group) is 1. The molecule has 0 aliphatic carbocycles. The number of para-hydroxylation sites is 1. The van der Waals surface area contributed by atoms with E-state index >= 15 is 0 Å². The highest BCUT2D eigenvalue weighted by Gasteiger charge is 2.42. The first kappa shape index (κ1) is 26.8. The Bertz CT molecular complexity index is 1260. The quantitative estimate of drug-likeness (QED) is 0.546. The van der Waals surface area contributed by atoms with Crippen molar-refractivity contribution < 1.29 is 17.9 Å². The highest BCUT2D eigenvalue weighted by atomic mass is 32.2. The summed E-state index contributed by atoms with van der Waals surface area (Å²) in [6.07, 6.45) is 4.63. The third kappa shape index (κ3) is 5.51. The summed E-state index contributed by atoms with van der Waals surface area (Å²) in [4.78, 5) is 28.9. The Labute approximate surface area is 213 Å². The van der Waals surface area contributed by atoms with Gasteiger partial charge in [-0.2, -0.15) is 0 Å². The Kier molecular flexibility index (Phi) is 7.89. The predicted octanol–water partition coefficient (Wildman–Crippen LogP) is 2.21. The molecule has 0 saturated carbocycles. The van der Waals surface area contributed by atoms with Crippen molar-refractivity contribution >= 4 is 26.8 Å². The van der Waals surface area contributed by atoms with Crippen LogP contribution in [0.1, 0.15) is 55.9 Å². The Hall–Kier alpha value is -2.27. The van der Waals surface area contributed by atoms with Gasteiger partial charge in [0.15, 0.2) is 0 Å². The largest absolute Gasteiger partial charge is 0.379 e. The molecule has 0 spiro atoms. The van der Waals surface area contributed by atoms with E-state index in [4.69, 9.17) is 4.74 Å². The summed E-state index contributed by atoms with van der Waals surface area (Å²) >= 11 is 0. The van der Waals surface area contributed by atoms with Crippen molar-refractivity contribution in [1.82, 2.24) is 19.1 Å². The molecule has 3 atom stereocenters. The van der Waals surface area contributed by atoms with E-state index in [1.165, 1.54) is 10.6 Å². The molecule has 2 saturated heterocycles. The van der Waals surface area contributed by atoms with Crippen LogP contribution in [0.4, 0.5) is 0 Å². The van der Waals surface area contributed by atoms with Crippen LogP contribution >= 0.6 is 0 Å². The summed E-state index contributed by atoms with van der Waals surface area (Å²) in [7, 11) is -0.0933. The van der Waals surface area contributed by atoms with Crippen LogP contribution in [0.25, 0.3) is 10.9 Å². The SMILES string of the molecule is COC(CN1[C@@H]2CC[C@@H]1CC(NC(=O)c1cc3ccccc3n(C(C)C)c1=O)C2)CN(C)S(C)(=O)=O. The van der Waals surface area contributed by atoms with Crippen LogP contribution in [0, 0.1) is 0 Å². The zero-order chi connectivity index (χ0) is 26.2. The molecule has 4 rings (SSSR count). The van der Waals surface area contributed by atoms with E-state index < -0.39 is 10.0 Å². The number of rotatable bonds is 9. The fourth-order valence-corrected chi connectivity index (χ4v) is 6.22. The number of piperidine rings is 1. The second-order valence-corrected chi connectivity index (χ2v) is 12.6. The fourth-order valence-electron chi connectivity index (χ4n) is 5.78. The fraction of sp³-hybridized carbons (Fsp3) is 0.615. The summed E-state index contributed by atoms with van der Waals surface area (Å²) in [6.45, 7) is 4.85. The maximum absolute atomic E-state index is 13.3. The summed E-state index contributed by atoms with van der Waals surface area (Å²) in [5.41, 5.74) is 0.745. The molecule has 3 heterocycles. The number of hydrogen-bond donors (Lipinski definition) is 1. The number of fused-ring (bicyclic) bond motifs is 3. The van der Waals surface area contributed by atoms with E-state index in [1.807, 2.05) is 38.1 Å². The number of aromatic nitrogens is 1. The van der Waals surface area contributed by atoms with Gasteiger partial charge in [0, 0.05) is 51.4 Å². The summed E-state index contributed by atoms with van der Waals surface area (Å²) in [5.74, 6) is -0.317. The number of nitrogens with one attached hydrogen (secondary N) is 1. The molecule has 2 aliphatic rings. The predicted molar refractivity (Wildman–Crippen MR) is 141 cm³/mol. The van der Waals surface area contributed by atoms with Gasteiger partial charge in [0.1, 0.15) is 5.56 Å². The Morgan fingerprint density at radius 3 is 2.42 bits per heavy atom. The summed E-state index contributed by atoms with van der Waals surface area (Å²) in [5, 5.41) is 4.02. The van der Waals surface area contributed by atoms with E-state index in [0.29, 0.717) is 25.2 Å². The topological polar surface area (TPSA) is 101 Å². The number of amides is 1. The highest BCUT2D eigenvalue weighted by Crippen LogP contribution is 2.36. The lowest BCUT2D eigenvalue weighted by molar-refractivity contribution is 0.0198. The van der Waals surface area contributed by atoms with Crippen molar-refractivity contribution in [2.45, 2.75) is 69.8 Å². The molecule has 1 N–H and O–H groups in total. The molecule has 2 aromatic rings. The van der Waals surface area contributed by atoms with Gasteiger partial charge in [-0.25, -0.2) is 12.7 Å². The number of ether oxygens (including phenoxy) is 1. The zero-order valence-corrected chi connectivity index (χ0v) is 22.6. The first-order chi connectivity index (χ1) is 17.0. The highest BCUT2D eigenvalue weighted by molar-refractivity contribution is 7.88. The maximum atomic E-state index is 13.3. The number of nitrogens with zero attached hydrogens (tertiary/aromatic N) is 3. The van der Waals surface area contributed by atoms with Gasteiger partial charge >= 0.3 is 0 Å². The van der Waals surface area contributed by atoms with Gasteiger partial charge in [-0.1, -0.05) is 18.2 Å². The normalized spacial score (nSPS) is 23.5. The Balaban J connectivity index is 1.46. The van der Waals surface area contributed by atoms with E-state index in [-0.39, 0.29) is 35.2 Å². The van der Waals surface area contributed by atoms with Crippen LogP contribution in [0.5, 0.6) is 0 Å². The van der Waals surface area contributed by atoms with Gasteiger partial charge in [0.05, 0.1) is 17.9 Å². The zero-order valence-electron chi connectivity index (χ0n) is 21.8. The minimum atomic E-state index is -3.27. The average Bonchev–Trinajstić information content (AvgIpc) is 3.04. The standard InChI is InChI=1S/C26H38N4O5S/c1-17(2)30-24-9-7-6-8-18(24)12-23(26(30)32)25(31)27-19-13-20-10-11-21(14-19)29(20)16-22(35-4)15-28(3)36(5,33)34/h6-9,12,17,19-22H,10-11,13-16H2,1-5H3,(H,27,31)/t20-,21-,22?/m1/s1. The average molecular weight is 519 g/mol. The molecule has 198 valence electrons. The third-order valence-electron chi connectivity index (χ3n) is 7.70. The van der Waals surface area contributed by atoms with E-state index in [2.05, 4.69) is 10.2 Å². The van der Waals surface area contributed by atoms with Gasteiger partial charge in [-0.3, -0.25) is 14.5 Å². The van der Waals surface area contributed by atoms with Gasteiger partial charge < -0.3 is 14.6 Å². The van der Waals surface area contributed by atoms with Crippen molar-refractivity contribution in [3.05, 3.63) is 46.2 Å². The molecule has 0 radical (unpaired) electrons. The van der Waals surface area contributed by atoms with Crippen LogP contribution in [0.2, 0.25) is 0 Å². The van der Waals surface area contributed by atoms with Crippen LogP contribution < -0.4 is 10.9 Å². The van der Waals surface area contributed by atoms with E-state index in [9.17, 15) is 18.0 Å². The third-order valence-corrected chi connectivity index (χ3v) is 8.98. The van der Waals surface area contributed by atoms with Gasteiger partial charge in [-0.05, 0) is 57.0 Å². The molecule has 1 aromatic carbocycles. The second-order valence-electron chi connectivity index (χ2n) is 10.5. The van der Waals surface area contributed by atoms with Crippen molar-refractivity contribution in [2.24, 2.45) is 0 Å². The molecule has 9 nitrogen and oxygen atoms in total. The minimum absolute atomic E-state index is 0.00990. The second kappa shape index (κ2) is 10.6. The molecule has 10 heteroatoms. The minimum Gasteiger partial charge on any atom is -0.379 e. The van der Waals surface area contributed by atoms with Gasteiger partial charge in [-0.15, -0.1) is 0 Å². The molecule has 1 unspecified atom stereocenters. The number of carbonyl (C=O) groups is 1. The van der Waals surface area contributed by atoms with E-state index in [1.54, 1.807) is 24.8 Å². The van der Waals surface area contributed by atoms with E-state index in [0.717, 1.165) is 36.6 Å². The lowest BCUT2D eigenvalue weighted by Gasteiger charge is -2.41. The van der Waals surface area contributed by atoms with Crippen LogP contribution in [0.15, 0.2) is 35.1 Å². The number of carbonyl (C=O) groups excluding carboxylic acids is 1. The summed E-state index contributed by atoms with van der Waals surface area (Å²) < 4.78 is 32.3. The van der Waals surface area contributed by atoms with Gasteiger partial charge in [0.2, 0.25) is 10.0 Å². The van der Waals surface area contributed by atoms with Crippen molar-refractivity contribution in [2.75, 3.05) is 33.5 Å². The monoisotopic (exact) mass is 518 g/mol.